The Kier molecular flexibility index (Phi) is 6.38. The minimum Gasteiger partial charge on any atom is -0.497 e. The highest BCUT2D eigenvalue weighted by Crippen LogP contribution is 2.43. The molecule has 1 aliphatic rings. The molecule has 0 spiro atoms. The zero-order valence-electron chi connectivity index (χ0n) is 20.7. The molecular formula is C29H29N3O4. The average molecular weight is 484 g/mol. The van der Waals surface area contributed by atoms with Crippen LogP contribution in [0, 0.1) is 0 Å². The van der Waals surface area contributed by atoms with Crippen LogP contribution in [0.5, 0.6) is 11.5 Å². The first-order chi connectivity index (χ1) is 17.5. The number of aromatic nitrogens is 1. The van der Waals surface area contributed by atoms with E-state index in [9.17, 15) is 9.59 Å². The third kappa shape index (κ3) is 4.06. The lowest BCUT2D eigenvalue weighted by atomic mass is 9.98. The topological polar surface area (TPSA) is 72.8 Å². The molecule has 4 aromatic rings. The maximum absolute atomic E-state index is 13.7. The molecule has 0 bridgehead atoms. The Morgan fingerprint density at radius 3 is 2.42 bits per heavy atom. The number of rotatable bonds is 8. The van der Waals surface area contributed by atoms with Crippen LogP contribution in [0.3, 0.4) is 0 Å². The van der Waals surface area contributed by atoms with Crippen LogP contribution in [-0.2, 0) is 18.3 Å². The second-order valence-electron chi connectivity index (χ2n) is 8.86. The number of ether oxygens (including phenoxy) is 2. The van der Waals surface area contributed by atoms with Gasteiger partial charge in [0, 0.05) is 30.1 Å². The molecule has 1 atom stereocenters. The van der Waals surface area contributed by atoms with Crippen molar-refractivity contribution < 1.29 is 19.1 Å². The number of amides is 2. The Bertz CT molecular complexity index is 1420. The summed E-state index contributed by atoms with van der Waals surface area (Å²) in [7, 11) is 5.16. The van der Waals surface area contributed by atoms with Crippen molar-refractivity contribution in [2.24, 2.45) is 7.05 Å². The average Bonchev–Trinajstić information content (AvgIpc) is 3.36. The zero-order valence-corrected chi connectivity index (χ0v) is 20.7. The number of aryl methyl sites for hydroxylation is 1. The lowest BCUT2D eigenvalue weighted by Crippen LogP contribution is -2.40. The van der Waals surface area contributed by atoms with Gasteiger partial charge < -0.3 is 24.3 Å². The van der Waals surface area contributed by atoms with Crippen LogP contribution in [0.15, 0.2) is 72.8 Å². The van der Waals surface area contributed by atoms with Crippen molar-refractivity contribution in [3.8, 4) is 11.5 Å². The van der Waals surface area contributed by atoms with Gasteiger partial charge in [-0.15, -0.1) is 0 Å². The van der Waals surface area contributed by atoms with Crippen molar-refractivity contribution in [3.05, 3.63) is 95.2 Å². The Morgan fingerprint density at radius 1 is 0.944 bits per heavy atom. The maximum atomic E-state index is 13.7. The number of hydrogen-bond acceptors (Lipinski definition) is 4. The summed E-state index contributed by atoms with van der Waals surface area (Å²) in [6.07, 6.45) is 0.635. The van der Waals surface area contributed by atoms with Crippen LogP contribution in [-0.4, -0.2) is 48.6 Å². The summed E-state index contributed by atoms with van der Waals surface area (Å²) in [5.74, 6) is 1.18. The highest BCUT2D eigenvalue weighted by atomic mass is 16.5. The van der Waals surface area contributed by atoms with E-state index < -0.39 is 0 Å². The van der Waals surface area contributed by atoms with E-state index in [1.165, 1.54) is 0 Å². The Hall–Kier alpha value is -4.26. The third-order valence-corrected chi connectivity index (χ3v) is 6.85. The van der Waals surface area contributed by atoms with Crippen LogP contribution in [0.1, 0.15) is 33.2 Å². The molecule has 7 nitrogen and oxygen atoms in total. The normalized spacial score (nSPS) is 14.7. The van der Waals surface area contributed by atoms with Gasteiger partial charge >= 0.3 is 0 Å². The SMILES string of the molecule is COc1ccc([C@H]2c3c(n(C)c4ccccc34)C(=O)N2CC(=O)NCCc2ccccc2OC)cc1. The predicted molar refractivity (Wildman–Crippen MR) is 139 cm³/mol. The van der Waals surface area contributed by atoms with E-state index in [1.807, 2.05) is 84.4 Å². The van der Waals surface area contributed by atoms with Crippen molar-refractivity contribution in [1.82, 2.24) is 14.8 Å². The second kappa shape index (κ2) is 9.77. The molecule has 0 aliphatic carbocycles. The Balaban J connectivity index is 1.41. The molecule has 2 amide bonds. The summed E-state index contributed by atoms with van der Waals surface area (Å²) in [4.78, 5) is 28.4. The molecule has 36 heavy (non-hydrogen) atoms. The number of para-hydroxylation sites is 2. The summed E-state index contributed by atoms with van der Waals surface area (Å²) in [6, 6.07) is 23.1. The van der Waals surface area contributed by atoms with E-state index in [2.05, 4.69) is 5.32 Å². The molecule has 0 saturated heterocycles. The first-order valence-electron chi connectivity index (χ1n) is 11.9. The predicted octanol–water partition coefficient (Wildman–Crippen LogP) is 4.10. The van der Waals surface area contributed by atoms with E-state index in [0.29, 0.717) is 18.7 Å². The maximum Gasteiger partial charge on any atom is 0.272 e. The first-order valence-corrected chi connectivity index (χ1v) is 11.9. The zero-order chi connectivity index (χ0) is 25.2. The van der Waals surface area contributed by atoms with Crippen molar-refractivity contribution in [2.75, 3.05) is 27.3 Å². The second-order valence-corrected chi connectivity index (χ2v) is 8.86. The number of methoxy groups -OCH3 is 2. The number of hydrogen-bond donors (Lipinski definition) is 1. The van der Waals surface area contributed by atoms with Gasteiger partial charge in [0.1, 0.15) is 23.7 Å². The van der Waals surface area contributed by atoms with E-state index in [-0.39, 0.29) is 24.4 Å². The number of benzene rings is 3. The smallest absolute Gasteiger partial charge is 0.272 e. The lowest BCUT2D eigenvalue weighted by molar-refractivity contribution is -0.122. The van der Waals surface area contributed by atoms with Crippen molar-refractivity contribution >= 4 is 22.7 Å². The van der Waals surface area contributed by atoms with Gasteiger partial charge in [-0.25, -0.2) is 0 Å². The van der Waals surface area contributed by atoms with Crippen LogP contribution >= 0.6 is 0 Å². The number of nitrogens with one attached hydrogen (secondary N) is 1. The minimum absolute atomic E-state index is 0.0372. The molecule has 0 radical (unpaired) electrons. The monoisotopic (exact) mass is 483 g/mol. The van der Waals surface area contributed by atoms with Crippen LogP contribution in [0.25, 0.3) is 10.9 Å². The molecule has 1 aliphatic heterocycles. The van der Waals surface area contributed by atoms with E-state index >= 15 is 0 Å². The molecule has 1 N–H and O–H groups in total. The van der Waals surface area contributed by atoms with Gasteiger partial charge in [0.2, 0.25) is 5.91 Å². The van der Waals surface area contributed by atoms with Crippen LogP contribution < -0.4 is 14.8 Å². The molecule has 0 unspecified atom stereocenters. The van der Waals surface area contributed by atoms with Crippen molar-refractivity contribution in [1.29, 1.82) is 0 Å². The van der Waals surface area contributed by atoms with Crippen molar-refractivity contribution in [2.45, 2.75) is 12.5 Å². The Labute approximate surface area is 210 Å². The summed E-state index contributed by atoms with van der Waals surface area (Å²) in [6.45, 7) is 0.411. The fourth-order valence-corrected chi connectivity index (χ4v) is 5.12. The molecule has 0 fully saturated rings. The number of fused-ring (bicyclic) bond motifs is 3. The van der Waals surface area contributed by atoms with Gasteiger partial charge in [-0.1, -0.05) is 48.5 Å². The Morgan fingerprint density at radius 2 is 1.67 bits per heavy atom. The van der Waals surface area contributed by atoms with Gasteiger partial charge in [0.05, 0.1) is 20.3 Å². The highest BCUT2D eigenvalue weighted by molar-refractivity contribution is 6.07. The number of carbonyl (C=O) groups is 2. The number of carbonyl (C=O) groups excluding carboxylic acids is 2. The molecule has 0 saturated carbocycles. The molecule has 2 heterocycles. The molecule has 3 aromatic carbocycles. The third-order valence-electron chi connectivity index (χ3n) is 6.85. The summed E-state index contributed by atoms with van der Waals surface area (Å²) >= 11 is 0. The highest BCUT2D eigenvalue weighted by Gasteiger charge is 2.42. The summed E-state index contributed by atoms with van der Waals surface area (Å²) in [5.41, 5.74) is 4.51. The molecule has 1 aromatic heterocycles. The fourth-order valence-electron chi connectivity index (χ4n) is 5.12. The molecule has 7 heteroatoms. The van der Waals surface area contributed by atoms with Crippen molar-refractivity contribution in [3.63, 3.8) is 0 Å². The molecular weight excluding hydrogens is 454 g/mol. The van der Waals surface area contributed by atoms with E-state index in [1.54, 1.807) is 19.1 Å². The van der Waals surface area contributed by atoms with Gasteiger partial charge in [-0.05, 0) is 41.8 Å². The van der Waals surface area contributed by atoms with E-state index in [0.717, 1.165) is 39.1 Å². The largest absolute Gasteiger partial charge is 0.497 e. The summed E-state index contributed by atoms with van der Waals surface area (Å²) < 4.78 is 12.7. The summed E-state index contributed by atoms with van der Waals surface area (Å²) in [5, 5.41) is 3.99. The van der Waals surface area contributed by atoms with Crippen LogP contribution in [0.2, 0.25) is 0 Å². The van der Waals surface area contributed by atoms with Gasteiger partial charge in [-0.2, -0.15) is 0 Å². The standard InChI is InChI=1S/C29H29N3O4/c1-31-23-10-6-5-9-22(23)26-27(20-12-14-21(35-2)15-13-20)32(29(34)28(26)31)18-25(33)30-17-16-19-8-4-7-11-24(19)36-3/h4-15,27H,16-18H2,1-3H3,(H,30,33)/t27-/m0/s1. The van der Waals surface area contributed by atoms with E-state index in [4.69, 9.17) is 9.47 Å². The quantitative estimate of drug-likeness (QED) is 0.410. The number of nitrogens with zero attached hydrogens (tertiary/aromatic N) is 2. The first kappa shape index (κ1) is 23.5. The fraction of sp³-hybridized carbons (Fsp3) is 0.241. The lowest BCUT2D eigenvalue weighted by Gasteiger charge is -2.26. The van der Waals surface area contributed by atoms with Crippen LogP contribution in [0.4, 0.5) is 0 Å². The van der Waals surface area contributed by atoms with Gasteiger partial charge in [0.15, 0.2) is 0 Å². The minimum atomic E-state index is -0.371. The van der Waals surface area contributed by atoms with Gasteiger partial charge in [0.25, 0.3) is 5.91 Å². The van der Waals surface area contributed by atoms with Gasteiger partial charge in [-0.3, -0.25) is 9.59 Å². The molecule has 184 valence electrons. The molecule has 5 rings (SSSR count).